The van der Waals surface area contributed by atoms with Gasteiger partial charge in [0.15, 0.2) is 5.96 Å². The lowest BCUT2D eigenvalue weighted by molar-refractivity contribution is -0.127. The molecule has 9 heteroatoms. The molecule has 0 unspecified atom stereocenters. The zero-order valence-corrected chi connectivity index (χ0v) is 19.2. The lowest BCUT2D eigenvalue weighted by Crippen LogP contribution is -2.44. The predicted octanol–water partition coefficient (Wildman–Crippen LogP) is 0.777. The topological polar surface area (TPSA) is 87.0 Å². The van der Waals surface area contributed by atoms with Crippen molar-refractivity contribution in [2.45, 2.75) is 19.5 Å². The van der Waals surface area contributed by atoms with Crippen molar-refractivity contribution in [3.63, 3.8) is 0 Å². The number of morpholine rings is 1. The number of rotatable bonds is 10. The Morgan fingerprint density at radius 3 is 2.66 bits per heavy atom. The molecule has 1 amide bonds. The fourth-order valence-electron chi connectivity index (χ4n) is 3.42. The van der Waals surface area contributed by atoms with Crippen LogP contribution in [0.4, 0.5) is 0 Å². The lowest BCUT2D eigenvalue weighted by atomic mass is 10.1. The van der Waals surface area contributed by atoms with Gasteiger partial charge in [-0.15, -0.1) is 0 Å². The van der Waals surface area contributed by atoms with Crippen molar-refractivity contribution < 1.29 is 9.53 Å². The highest BCUT2D eigenvalue weighted by atomic mass is 16.5. The highest BCUT2D eigenvalue weighted by Crippen LogP contribution is 2.11. The Hall–Kier alpha value is -2.91. The van der Waals surface area contributed by atoms with E-state index >= 15 is 0 Å². The first kappa shape index (κ1) is 23.7. The first-order chi connectivity index (χ1) is 15.6. The van der Waals surface area contributed by atoms with Crippen LogP contribution in [0, 0.1) is 0 Å². The highest BCUT2D eigenvalue weighted by Gasteiger charge is 2.10. The summed E-state index contributed by atoms with van der Waals surface area (Å²) in [7, 11) is 3.50. The van der Waals surface area contributed by atoms with Crippen molar-refractivity contribution in [3.05, 3.63) is 53.9 Å². The van der Waals surface area contributed by atoms with Crippen molar-refractivity contribution in [3.8, 4) is 0 Å². The zero-order valence-electron chi connectivity index (χ0n) is 19.2. The molecular formula is C23H35N7O2. The number of likely N-dealkylation sites (N-methyl/N-ethyl adjacent to an activating group) is 1. The van der Waals surface area contributed by atoms with Gasteiger partial charge in [-0.2, -0.15) is 5.10 Å². The van der Waals surface area contributed by atoms with Gasteiger partial charge in [-0.3, -0.25) is 14.4 Å². The van der Waals surface area contributed by atoms with Crippen LogP contribution in [0.25, 0.3) is 0 Å². The number of hydrogen-bond acceptors (Lipinski definition) is 5. The van der Waals surface area contributed by atoms with E-state index in [-0.39, 0.29) is 12.5 Å². The Morgan fingerprint density at radius 2 is 1.94 bits per heavy atom. The van der Waals surface area contributed by atoms with Gasteiger partial charge in [0.25, 0.3) is 0 Å². The third-order valence-corrected chi connectivity index (χ3v) is 5.37. The molecule has 1 aliphatic heterocycles. The molecule has 2 N–H and O–H groups in total. The normalized spacial score (nSPS) is 14.9. The Balaban J connectivity index is 1.58. The minimum atomic E-state index is 0.00639. The number of guanidine groups is 1. The molecule has 0 saturated carbocycles. The number of carbonyl (C=O) groups is 1. The summed E-state index contributed by atoms with van der Waals surface area (Å²) < 4.78 is 7.31. The van der Waals surface area contributed by atoms with Gasteiger partial charge in [-0.25, -0.2) is 4.99 Å². The third kappa shape index (κ3) is 7.97. The molecule has 1 aromatic heterocycles. The summed E-state index contributed by atoms with van der Waals surface area (Å²) in [5.41, 5.74) is 2.31. The molecule has 0 bridgehead atoms. The third-order valence-electron chi connectivity index (χ3n) is 5.37. The van der Waals surface area contributed by atoms with E-state index in [2.05, 4.69) is 32.8 Å². The van der Waals surface area contributed by atoms with Crippen molar-refractivity contribution in [1.82, 2.24) is 30.2 Å². The molecule has 0 spiro atoms. The van der Waals surface area contributed by atoms with Crippen molar-refractivity contribution in [1.29, 1.82) is 0 Å². The fraction of sp³-hybridized carbons (Fsp3) is 0.522. The van der Waals surface area contributed by atoms with Gasteiger partial charge in [-0.1, -0.05) is 24.3 Å². The van der Waals surface area contributed by atoms with Gasteiger partial charge in [0.1, 0.15) is 0 Å². The number of carbonyl (C=O) groups excluding carboxylic acids is 1. The van der Waals surface area contributed by atoms with Crippen LogP contribution in [0.5, 0.6) is 0 Å². The maximum absolute atomic E-state index is 12.0. The van der Waals surface area contributed by atoms with E-state index in [0.29, 0.717) is 19.0 Å². The Bertz CT molecular complexity index is 846. The number of aromatic nitrogens is 2. The van der Waals surface area contributed by atoms with Crippen molar-refractivity contribution >= 4 is 11.9 Å². The number of nitrogens with zero attached hydrogens (tertiary/aromatic N) is 5. The second kappa shape index (κ2) is 12.8. The molecule has 1 saturated heterocycles. The maximum Gasteiger partial charge on any atom is 0.241 e. The second-order valence-electron chi connectivity index (χ2n) is 8.01. The minimum absolute atomic E-state index is 0.00639. The van der Waals surface area contributed by atoms with Gasteiger partial charge in [0, 0.05) is 46.1 Å². The molecular weight excluding hydrogens is 406 g/mol. The van der Waals surface area contributed by atoms with Gasteiger partial charge >= 0.3 is 0 Å². The van der Waals surface area contributed by atoms with Crippen LogP contribution in [0.3, 0.4) is 0 Å². The summed E-state index contributed by atoms with van der Waals surface area (Å²) in [5, 5.41) is 10.9. The zero-order chi connectivity index (χ0) is 22.6. The van der Waals surface area contributed by atoms with Gasteiger partial charge in [-0.05, 0) is 30.2 Å². The van der Waals surface area contributed by atoms with E-state index in [1.807, 2.05) is 29.1 Å². The molecule has 3 rings (SSSR count). The van der Waals surface area contributed by atoms with Crippen LogP contribution in [-0.4, -0.2) is 91.5 Å². The van der Waals surface area contributed by atoms with Crippen molar-refractivity contribution in [2.24, 2.45) is 4.99 Å². The Labute approximate surface area is 190 Å². The fourth-order valence-corrected chi connectivity index (χ4v) is 3.42. The Kier molecular flexibility index (Phi) is 9.52. The second-order valence-corrected chi connectivity index (χ2v) is 8.01. The number of aliphatic imine (C=N–C) groups is 1. The van der Waals surface area contributed by atoms with E-state index < -0.39 is 0 Å². The summed E-state index contributed by atoms with van der Waals surface area (Å²) in [6.45, 7) is 6.84. The standard InChI is InChI=1S/C23H35N7O2/c1-28(2)22(31)18-26-23(24-9-5-11-29-13-15-32-16-14-29)25-17-20-7-3-4-8-21(20)19-30-12-6-10-27-30/h3-4,6-8,10,12H,5,9,11,13-19H2,1-2H3,(H2,24,25,26). The predicted molar refractivity (Wildman–Crippen MR) is 125 cm³/mol. The minimum Gasteiger partial charge on any atom is -0.379 e. The molecule has 32 heavy (non-hydrogen) atoms. The maximum atomic E-state index is 12.0. The lowest BCUT2D eigenvalue weighted by Gasteiger charge is -2.26. The molecule has 1 fully saturated rings. The van der Waals surface area contributed by atoms with E-state index in [9.17, 15) is 4.79 Å². The van der Waals surface area contributed by atoms with Crippen LogP contribution < -0.4 is 10.6 Å². The van der Waals surface area contributed by atoms with Gasteiger partial charge < -0.3 is 20.3 Å². The molecule has 9 nitrogen and oxygen atoms in total. The first-order valence-electron chi connectivity index (χ1n) is 11.2. The quantitative estimate of drug-likeness (QED) is 0.322. The average Bonchev–Trinajstić information content (AvgIpc) is 3.32. The van der Waals surface area contributed by atoms with E-state index in [1.165, 1.54) is 5.56 Å². The SMILES string of the molecule is CN(C)C(=O)CNC(=NCc1ccccc1Cn1cccn1)NCCCN1CCOCC1. The summed E-state index contributed by atoms with van der Waals surface area (Å²) in [6, 6.07) is 10.2. The van der Waals surface area contributed by atoms with Gasteiger partial charge in [0.2, 0.25) is 5.91 Å². The molecule has 2 heterocycles. The molecule has 1 aliphatic rings. The largest absolute Gasteiger partial charge is 0.379 e. The molecule has 2 aromatic rings. The monoisotopic (exact) mass is 441 g/mol. The number of ether oxygens (including phenoxy) is 1. The van der Waals surface area contributed by atoms with Crippen LogP contribution in [0.2, 0.25) is 0 Å². The molecule has 174 valence electrons. The van der Waals surface area contributed by atoms with E-state index in [1.54, 1.807) is 25.2 Å². The van der Waals surface area contributed by atoms with Crippen LogP contribution in [0.15, 0.2) is 47.7 Å². The number of hydrogen-bond donors (Lipinski definition) is 2. The number of amides is 1. The summed E-state index contributed by atoms with van der Waals surface area (Å²) in [5.74, 6) is 0.656. The van der Waals surface area contributed by atoms with Crippen molar-refractivity contribution in [2.75, 3.05) is 60.0 Å². The Morgan fingerprint density at radius 1 is 1.16 bits per heavy atom. The molecule has 0 atom stereocenters. The summed E-state index contributed by atoms with van der Waals surface area (Å²) in [4.78, 5) is 20.8. The molecule has 0 radical (unpaired) electrons. The number of nitrogens with one attached hydrogen (secondary N) is 2. The number of benzene rings is 1. The summed E-state index contributed by atoms with van der Waals surface area (Å²) >= 11 is 0. The average molecular weight is 442 g/mol. The molecule has 1 aromatic carbocycles. The van der Waals surface area contributed by atoms with Crippen LogP contribution in [0.1, 0.15) is 17.5 Å². The van der Waals surface area contributed by atoms with Crippen LogP contribution in [-0.2, 0) is 22.6 Å². The van der Waals surface area contributed by atoms with E-state index in [0.717, 1.165) is 51.4 Å². The molecule has 0 aliphatic carbocycles. The summed E-state index contributed by atoms with van der Waals surface area (Å²) in [6.07, 6.45) is 4.74. The van der Waals surface area contributed by atoms with Crippen LogP contribution >= 0.6 is 0 Å². The van der Waals surface area contributed by atoms with E-state index in [4.69, 9.17) is 9.73 Å². The highest BCUT2D eigenvalue weighted by molar-refractivity contribution is 5.86. The van der Waals surface area contributed by atoms with Gasteiger partial charge in [0.05, 0.1) is 32.8 Å². The smallest absolute Gasteiger partial charge is 0.241 e. The first-order valence-corrected chi connectivity index (χ1v) is 11.2.